The number of likely N-dealkylation sites (tertiary alicyclic amines) is 2. The third kappa shape index (κ3) is 3.87. The lowest BCUT2D eigenvalue weighted by atomic mass is 9.94. The fraction of sp³-hybridized carbons (Fsp3) is 0.722. The van der Waals surface area contributed by atoms with E-state index < -0.39 is 6.55 Å². The van der Waals surface area contributed by atoms with E-state index in [0.29, 0.717) is 30.7 Å². The van der Waals surface area contributed by atoms with E-state index in [2.05, 4.69) is 4.90 Å². The largest absolute Gasteiger partial charge is 0.396 e. The van der Waals surface area contributed by atoms with Gasteiger partial charge in [-0.3, -0.25) is 14.3 Å². The Bertz CT molecular complexity index is 597. The number of aryl methyl sites for hydroxylation is 1. The van der Waals surface area contributed by atoms with Crippen molar-refractivity contribution in [3.8, 4) is 0 Å². The third-order valence-electron chi connectivity index (χ3n) is 5.61. The Labute approximate surface area is 147 Å². The Morgan fingerprint density at radius 3 is 2.60 bits per heavy atom. The zero-order valence-electron chi connectivity index (χ0n) is 14.7. The number of rotatable bonds is 4. The van der Waals surface area contributed by atoms with E-state index in [1.165, 1.54) is 6.07 Å². The number of carbonyl (C=O) groups excluding carboxylic acids is 1. The zero-order chi connectivity index (χ0) is 18.0. The highest BCUT2D eigenvalue weighted by Gasteiger charge is 2.31. The number of piperidine rings is 2. The van der Waals surface area contributed by atoms with E-state index in [1.807, 2.05) is 0 Å². The minimum Gasteiger partial charge on any atom is -0.396 e. The average Bonchev–Trinajstić information content (AvgIpc) is 3.03. The molecule has 5 nitrogen and oxygen atoms in total. The molecule has 140 valence electrons. The molecule has 1 amide bonds. The van der Waals surface area contributed by atoms with Gasteiger partial charge in [0.2, 0.25) is 0 Å². The minimum absolute atomic E-state index is 0.0734. The first kappa shape index (κ1) is 18.3. The lowest BCUT2D eigenvalue weighted by Gasteiger charge is -2.42. The van der Waals surface area contributed by atoms with Gasteiger partial charge in [0.25, 0.3) is 5.91 Å². The van der Waals surface area contributed by atoms with Gasteiger partial charge in [-0.15, -0.1) is 0 Å². The number of aromatic nitrogens is 1. The number of halogens is 2. The second kappa shape index (κ2) is 7.83. The predicted octanol–water partition coefficient (Wildman–Crippen LogP) is 2.50. The van der Waals surface area contributed by atoms with Crippen molar-refractivity contribution in [3.63, 3.8) is 0 Å². The molecular formula is C18H27F2N3O2. The number of hydrogen-bond acceptors (Lipinski definition) is 3. The third-order valence-corrected chi connectivity index (χ3v) is 5.61. The predicted molar refractivity (Wildman–Crippen MR) is 90.7 cm³/mol. The van der Waals surface area contributed by atoms with Gasteiger partial charge in [0.1, 0.15) is 5.69 Å². The molecule has 1 atom stereocenters. The van der Waals surface area contributed by atoms with Crippen molar-refractivity contribution >= 4 is 5.91 Å². The standard InChI is InChI=1S/C18H27F2N3O2/c1-13-4-5-16(23(13)18(19)20)17(25)21-9-6-15(7-10-21)22-8-2-3-14(11-22)12-24/h4-5,14-15,18,24H,2-3,6-12H2,1H3/t14-/m1/s1. The topological polar surface area (TPSA) is 48.7 Å². The van der Waals surface area contributed by atoms with Crippen molar-refractivity contribution in [1.29, 1.82) is 0 Å². The highest BCUT2D eigenvalue weighted by molar-refractivity contribution is 5.93. The maximum Gasteiger partial charge on any atom is 0.319 e. The first-order valence-corrected chi connectivity index (χ1v) is 9.11. The normalized spacial score (nSPS) is 23.4. The molecular weight excluding hydrogens is 328 g/mol. The molecule has 0 bridgehead atoms. The lowest BCUT2D eigenvalue weighted by Crippen LogP contribution is -2.50. The summed E-state index contributed by atoms with van der Waals surface area (Å²) in [7, 11) is 0. The minimum atomic E-state index is -2.70. The van der Waals surface area contributed by atoms with Crippen molar-refractivity contribution in [1.82, 2.24) is 14.4 Å². The fourth-order valence-corrected chi connectivity index (χ4v) is 4.16. The van der Waals surface area contributed by atoms with Gasteiger partial charge in [0.15, 0.2) is 0 Å². The number of aliphatic hydroxyl groups excluding tert-OH is 1. The van der Waals surface area contributed by atoms with Crippen molar-refractivity contribution < 1.29 is 18.7 Å². The van der Waals surface area contributed by atoms with Crippen molar-refractivity contribution in [2.45, 2.75) is 45.2 Å². The van der Waals surface area contributed by atoms with Gasteiger partial charge in [0.05, 0.1) is 0 Å². The van der Waals surface area contributed by atoms with E-state index in [4.69, 9.17) is 0 Å². The van der Waals surface area contributed by atoms with Crippen LogP contribution in [0.4, 0.5) is 8.78 Å². The van der Waals surface area contributed by atoms with Gasteiger partial charge in [-0.2, -0.15) is 8.78 Å². The monoisotopic (exact) mass is 355 g/mol. The SMILES string of the molecule is Cc1ccc(C(=O)N2CCC(N3CCC[C@@H](CO)C3)CC2)n1C(F)F. The van der Waals surface area contributed by atoms with Crippen molar-refractivity contribution in [3.05, 3.63) is 23.5 Å². The molecule has 1 aromatic rings. The molecule has 0 saturated carbocycles. The average molecular weight is 355 g/mol. The van der Waals surface area contributed by atoms with Crippen LogP contribution in [0.25, 0.3) is 0 Å². The molecule has 0 aliphatic carbocycles. The molecule has 2 aliphatic rings. The van der Waals surface area contributed by atoms with Crippen LogP contribution >= 0.6 is 0 Å². The summed E-state index contributed by atoms with van der Waals surface area (Å²) in [5.41, 5.74) is 0.473. The summed E-state index contributed by atoms with van der Waals surface area (Å²) in [6, 6.07) is 3.48. The summed E-state index contributed by atoms with van der Waals surface area (Å²) in [6.07, 6.45) is 3.90. The zero-order valence-corrected chi connectivity index (χ0v) is 14.7. The molecule has 0 aromatic carbocycles. The van der Waals surface area contributed by atoms with E-state index in [1.54, 1.807) is 17.9 Å². The Hall–Kier alpha value is -1.47. The molecule has 2 aliphatic heterocycles. The van der Waals surface area contributed by atoms with Gasteiger partial charge in [0, 0.05) is 38.0 Å². The van der Waals surface area contributed by atoms with Crippen LogP contribution in [0.2, 0.25) is 0 Å². The smallest absolute Gasteiger partial charge is 0.319 e. The van der Waals surface area contributed by atoms with Crippen molar-refractivity contribution in [2.24, 2.45) is 5.92 Å². The van der Waals surface area contributed by atoms with Gasteiger partial charge in [-0.25, -0.2) is 0 Å². The number of nitrogens with zero attached hydrogens (tertiary/aromatic N) is 3. The number of carbonyl (C=O) groups is 1. The summed E-state index contributed by atoms with van der Waals surface area (Å²) >= 11 is 0. The summed E-state index contributed by atoms with van der Waals surface area (Å²) in [4.78, 5) is 16.8. The Morgan fingerprint density at radius 1 is 1.24 bits per heavy atom. The van der Waals surface area contributed by atoms with Gasteiger partial charge >= 0.3 is 6.55 Å². The molecule has 2 saturated heterocycles. The number of aliphatic hydroxyl groups is 1. The van der Waals surface area contributed by atoms with Crippen LogP contribution in [-0.4, -0.2) is 64.2 Å². The van der Waals surface area contributed by atoms with Crippen LogP contribution in [-0.2, 0) is 0 Å². The maximum atomic E-state index is 13.2. The quantitative estimate of drug-likeness (QED) is 0.903. The number of hydrogen-bond donors (Lipinski definition) is 1. The molecule has 2 fully saturated rings. The fourth-order valence-electron chi connectivity index (χ4n) is 4.16. The first-order valence-electron chi connectivity index (χ1n) is 9.11. The van der Waals surface area contributed by atoms with Crippen LogP contribution in [0, 0.1) is 12.8 Å². The molecule has 1 N–H and O–H groups in total. The molecule has 25 heavy (non-hydrogen) atoms. The molecule has 0 spiro atoms. The second-order valence-corrected chi connectivity index (χ2v) is 7.22. The maximum absolute atomic E-state index is 13.2. The highest BCUT2D eigenvalue weighted by atomic mass is 19.3. The summed E-state index contributed by atoms with van der Waals surface area (Å²) < 4.78 is 27.2. The Morgan fingerprint density at radius 2 is 1.96 bits per heavy atom. The molecule has 0 radical (unpaired) electrons. The second-order valence-electron chi connectivity index (χ2n) is 7.22. The van der Waals surface area contributed by atoms with Crippen molar-refractivity contribution in [2.75, 3.05) is 32.8 Å². The Kier molecular flexibility index (Phi) is 5.74. The van der Waals surface area contributed by atoms with Crippen LogP contribution in [0.3, 0.4) is 0 Å². The molecule has 3 heterocycles. The number of amides is 1. The van der Waals surface area contributed by atoms with E-state index >= 15 is 0 Å². The van der Waals surface area contributed by atoms with Gasteiger partial charge < -0.3 is 10.0 Å². The molecule has 1 aromatic heterocycles. The molecule has 0 unspecified atom stereocenters. The van der Waals surface area contributed by atoms with E-state index in [0.717, 1.165) is 43.3 Å². The molecule has 3 rings (SSSR count). The van der Waals surface area contributed by atoms with Crippen LogP contribution in [0.1, 0.15) is 48.4 Å². The lowest BCUT2D eigenvalue weighted by molar-refractivity contribution is 0.0397. The molecule has 7 heteroatoms. The summed E-state index contributed by atoms with van der Waals surface area (Å²) in [5.74, 6) is 0.0458. The van der Waals surface area contributed by atoms with E-state index in [9.17, 15) is 18.7 Å². The van der Waals surface area contributed by atoms with E-state index in [-0.39, 0.29) is 18.2 Å². The summed E-state index contributed by atoms with van der Waals surface area (Å²) in [6.45, 7) is 2.27. The van der Waals surface area contributed by atoms with Crippen LogP contribution in [0.15, 0.2) is 12.1 Å². The van der Waals surface area contributed by atoms with Gasteiger partial charge in [-0.05, 0) is 57.2 Å². The van der Waals surface area contributed by atoms with Gasteiger partial charge in [-0.1, -0.05) is 0 Å². The van der Waals surface area contributed by atoms with Crippen LogP contribution in [0.5, 0.6) is 0 Å². The highest BCUT2D eigenvalue weighted by Crippen LogP contribution is 2.25. The summed E-state index contributed by atoms with van der Waals surface area (Å²) in [5, 5.41) is 9.38. The first-order chi connectivity index (χ1) is 12.0. The number of alkyl halides is 2. The Balaban J connectivity index is 1.60. The van der Waals surface area contributed by atoms with Crippen LogP contribution < -0.4 is 0 Å².